The Hall–Kier alpha value is -0.940. The second-order valence-electron chi connectivity index (χ2n) is 2.88. The van der Waals surface area contributed by atoms with E-state index >= 15 is 0 Å². The van der Waals surface area contributed by atoms with Gasteiger partial charge >= 0.3 is 0 Å². The molecule has 0 atom stereocenters. The summed E-state index contributed by atoms with van der Waals surface area (Å²) < 4.78 is 10.5. The molecule has 0 aliphatic heterocycles. The fourth-order valence-electron chi connectivity index (χ4n) is 1.22. The van der Waals surface area contributed by atoms with Crippen LogP contribution in [0.4, 0.5) is 0 Å². The zero-order valence-corrected chi connectivity index (χ0v) is 9.60. The Labute approximate surface area is 91.1 Å². The van der Waals surface area contributed by atoms with Crippen LogP contribution in [0.2, 0.25) is 0 Å². The van der Waals surface area contributed by atoms with Gasteiger partial charge in [0.05, 0.1) is 17.3 Å². The topological polar surface area (TPSA) is 29.7 Å². The summed E-state index contributed by atoms with van der Waals surface area (Å²) in [6.45, 7) is 0. The van der Waals surface area contributed by atoms with E-state index in [-0.39, 0.29) is 0 Å². The molecule has 0 aliphatic rings. The molecular formula is C9H10N3S2+. The lowest BCUT2D eigenvalue weighted by Crippen LogP contribution is -2.26. The monoisotopic (exact) mass is 224 g/mol. The van der Waals surface area contributed by atoms with E-state index in [0.717, 1.165) is 16.3 Å². The molecule has 0 aliphatic carbocycles. The average molecular weight is 224 g/mol. The van der Waals surface area contributed by atoms with Gasteiger partial charge in [-0.1, -0.05) is 0 Å². The second kappa shape index (κ2) is 4.06. The van der Waals surface area contributed by atoms with Crippen molar-refractivity contribution in [2.24, 2.45) is 7.05 Å². The SMILES string of the molecule is CSc1nsnc1-c1ccc[n+](C)c1. The number of thioether (sulfide) groups is 1. The highest BCUT2D eigenvalue weighted by atomic mass is 32.2. The van der Waals surface area contributed by atoms with Crippen molar-refractivity contribution in [3.05, 3.63) is 24.5 Å². The zero-order valence-electron chi connectivity index (χ0n) is 7.97. The molecule has 5 heteroatoms. The smallest absolute Gasteiger partial charge is 0.178 e. The van der Waals surface area contributed by atoms with Crippen molar-refractivity contribution in [2.45, 2.75) is 5.03 Å². The average Bonchev–Trinajstić information content (AvgIpc) is 2.65. The van der Waals surface area contributed by atoms with E-state index in [1.807, 2.05) is 30.1 Å². The van der Waals surface area contributed by atoms with Gasteiger partial charge in [-0.2, -0.15) is 8.75 Å². The second-order valence-corrected chi connectivity index (χ2v) is 4.20. The molecule has 0 N–H and O–H groups in total. The maximum absolute atomic E-state index is 4.29. The maximum Gasteiger partial charge on any atom is 0.178 e. The highest BCUT2D eigenvalue weighted by molar-refractivity contribution is 7.98. The summed E-state index contributed by atoms with van der Waals surface area (Å²) in [5.74, 6) is 0. The molecule has 0 spiro atoms. The molecule has 0 amide bonds. The van der Waals surface area contributed by atoms with Gasteiger partial charge in [-0.25, -0.2) is 4.57 Å². The van der Waals surface area contributed by atoms with Crippen LogP contribution in [-0.2, 0) is 7.05 Å². The molecule has 0 saturated carbocycles. The first-order valence-corrected chi connectivity index (χ1v) is 6.09. The summed E-state index contributed by atoms with van der Waals surface area (Å²) in [6, 6.07) is 4.06. The number of aryl methyl sites for hydroxylation is 1. The Kier molecular flexibility index (Phi) is 2.79. The van der Waals surface area contributed by atoms with Gasteiger partial charge in [-0.3, -0.25) is 0 Å². The number of aromatic nitrogens is 3. The molecule has 3 nitrogen and oxygen atoms in total. The van der Waals surface area contributed by atoms with Crippen molar-refractivity contribution >= 4 is 23.5 Å². The molecule has 2 aromatic rings. The van der Waals surface area contributed by atoms with Gasteiger partial charge in [-0.05, 0) is 12.3 Å². The summed E-state index contributed by atoms with van der Waals surface area (Å²) in [5, 5.41) is 1.00. The van der Waals surface area contributed by atoms with Gasteiger partial charge in [0, 0.05) is 6.07 Å². The molecule has 0 bridgehead atoms. The quantitative estimate of drug-likeness (QED) is 0.575. The number of rotatable bonds is 2. The van der Waals surface area contributed by atoms with E-state index in [0.29, 0.717) is 0 Å². The number of hydrogen-bond acceptors (Lipinski definition) is 4. The van der Waals surface area contributed by atoms with Crippen LogP contribution < -0.4 is 4.57 Å². The van der Waals surface area contributed by atoms with Crippen LogP contribution >= 0.6 is 23.5 Å². The van der Waals surface area contributed by atoms with E-state index in [4.69, 9.17) is 0 Å². The number of pyridine rings is 1. The highest BCUT2D eigenvalue weighted by Gasteiger charge is 2.11. The Bertz CT molecular complexity index is 439. The van der Waals surface area contributed by atoms with Crippen LogP contribution in [-0.4, -0.2) is 15.0 Å². The van der Waals surface area contributed by atoms with Gasteiger partial charge < -0.3 is 0 Å². The van der Waals surface area contributed by atoms with E-state index in [1.54, 1.807) is 11.8 Å². The minimum absolute atomic E-state index is 0.985. The van der Waals surface area contributed by atoms with Crippen LogP contribution in [0.3, 0.4) is 0 Å². The molecule has 0 unspecified atom stereocenters. The molecular weight excluding hydrogens is 214 g/mol. The van der Waals surface area contributed by atoms with E-state index in [2.05, 4.69) is 21.0 Å². The van der Waals surface area contributed by atoms with Gasteiger partial charge in [0.2, 0.25) is 0 Å². The highest BCUT2D eigenvalue weighted by Crippen LogP contribution is 2.26. The largest absolute Gasteiger partial charge is 0.207 e. The van der Waals surface area contributed by atoms with Crippen LogP contribution in [0, 0.1) is 0 Å². The first-order chi connectivity index (χ1) is 6.81. The summed E-state index contributed by atoms with van der Waals surface area (Å²) in [6.07, 6.45) is 6.07. The third kappa shape index (κ3) is 1.78. The maximum atomic E-state index is 4.29. The number of nitrogens with zero attached hydrogens (tertiary/aromatic N) is 3. The summed E-state index contributed by atoms with van der Waals surface area (Å²) >= 11 is 2.89. The molecule has 0 fully saturated rings. The first-order valence-electron chi connectivity index (χ1n) is 4.13. The summed E-state index contributed by atoms with van der Waals surface area (Å²) in [5.41, 5.74) is 2.10. The zero-order chi connectivity index (χ0) is 9.97. The third-order valence-electron chi connectivity index (χ3n) is 1.86. The fourth-order valence-corrected chi connectivity index (χ4v) is 2.51. The predicted molar refractivity (Wildman–Crippen MR) is 58.3 cm³/mol. The van der Waals surface area contributed by atoms with Crippen molar-refractivity contribution in [3.63, 3.8) is 0 Å². The van der Waals surface area contributed by atoms with Crippen LogP contribution in [0.15, 0.2) is 29.6 Å². The molecule has 0 aromatic carbocycles. The molecule has 2 heterocycles. The normalized spacial score (nSPS) is 10.4. The van der Waals surface area contributed by atoms with Crippen LogP contribution in [0.25, 0.3) is 11.3 Å². The van der Waals surface area contributed by atoms with Gasteiger partial charge in [0.25, 0.3) is 0 Å². The van der Waals surface area contributed by atoms with Crippen molar-refractivity contribution in [1.82, 2.24) is 8.75 Å². The van der Waals surface area contributed by atoms with Crippen LogP contribution in [0.5, 0.6) is 0 Å². The lowest BCUT2D eigenvalue weighted by molar-refractivity contribution is -0.671. The van der Waals surface area contributed by atoms with E-state index < -0.39 is 0 Å². The van der Waals surface area contributed by atoms with E-state index in [9.17, 15) is 0 Å². The standard InChI is InChI=1S/C9H10N3S2/c1-12-5-3-4-7(6-12)8-9(13-2)11-14-10-8/h3-6H,1-2H3/q+1. The molecule has 0 radical (unpaired) electrons. The van der Waals surface area contributed by atoms with Crippen molar-refractivity contribution in [3.8, 4) is 11.3 Å². The van der Waals surface area contributed by atoms with Crippen LogP contribution in [0.1, 0.15) is 0 Å². The molecule has 14 heavy (non-hydrogen) atoms. The van der Waals surface area contributed by atoms with Gasteiger partial charge in [0.15, 0.2) is 12.4 Å². The fraction of sp³-hybridized carbons (Fsp3) is 0.222. The van der Waals surface area contributed by atoms with Gasteiger partial charge in [-0.15, -0.1) is 11.8 Å². The Morgan fingerprint density at radius 1 is 1.43 bits per heavy atom. The summed E-state index contributed by atoms with van der Waals surface area (Å²) in [4.78, 5) is 0. The lowest BCUT2D eigenvalue weighted by Gasteiger charge is -1.95. The van der Waals surface area contributed by atoms with Crippen molar-refractivity contribution in [1.29, 1.82) is 0 Å². The Morgan fingerprint density at radius 3 is 3.00 bits per heavy atom. The minimum atomic E-state index is 0.985. The van der Waals surface area contributed by atoms with Gasteiger partial charge in [0.1, 0.15) is 17.8 Å². The minimum Gasteiger partial charge on any atom is -0.207 e. The lowest BCUT2D eigenvalue weighted by atomic mass is 10.2. The predicted octanol–water partition coefficient (Wildman–Crippen LogP) is 1.75. The Balaban J connectivity index is 2.49. The molecule has 2 aromatic heterocycles. The molecule has 0 saturated heterocycles. The van der Waals surface area contributed by atoms with Crippen molar-refractivity contribution < 1.29 is 4.57 Å². The molecule has 72 valence electrons. The van der Waals surface area contributed by atoms with Crippen molar-refractivity contribution in [2.75, 3.05) is 6.26 Å². The summed E-state index contributed by atoms with van der Waals surface area (Å²) in [7, 11) is 2.00. The first kappa shape index (κ1) is 9.61. The number of hydrogen-bond donors (Lipinski definition) is 0. The van der Waals surface area contributed by atoms with E-state index in [1.165, 1.54) is 11.7 Å². The third-order valence-corrected chi connectivity index (χ3v) is 3.18. The Morgan fingerprint density at radius 2 is 2.29 bits per heavy atom. The molecule has 2 rings (SSSR count).